The van der Waals surface area contributed by atoms with Crippen LogP contribution in [-0.2, 0) is 0 Å². The predicted molar refractivity (Wildman–Crippen MR) is 81.8 cm³/mol. The Morgan fingerprint density at radius 1 is 1.18 bits per heavy atom. The molecule has 0 saturated carbocycles. The summed E-state index contributed by atoms with van der Waals surface area (Å²) in [4.78, 5) is 12.2. The number of amides is 1. The van der Waals surface area contributed by atoms with Gasteiger partial charge in [-0.1, -0.05) is 23.7 Å². The standard InChI is InChI=1S/C16H14ClNO4/c1-20-13-8-9(7-11(17)14(13)21-2)16-18-15(19)10-5-3-4-6-12(10)22-16/h3-8,16H,1-2H3,(H,18,19)/t16-/m1/s1. The smallest absolute Gasteiger partial charge is 0.258 e. The summed E-state index contributed by atoms with van der Waals surface area (Å²) in [6.45, 7) is 0. The fraction of sp³-hybridized carbons (Fsp3) is 0.188. The molecule has 114 valence electrons. The third-order valence-electron chi connectivity index (χ3n) is 3.40. The molecule has 6 heteroatoms. The Morgan fingerprint density at radius 2 is 1.95 bits per heavy atom. The van der Waals surface area contributed by atoms with E-state index in [-0.39, 0.29) is 5.91 Å². The van der Waals surface area contributed by atoms with Crippen LogP contribution in [0.15, 0.2) is 36.4 Å². The summed E-state index contributed by atoms with van der Waals surface area (Å²) < 4.78 is 16.3. The first kappa shape index (κ1) is 14.5. The summed E-state index contributed by atoms with van der Waals surface area (Å²) in [5, 5.41) is 3.17. The molecular formula is C16H14ClNO4. The Labute approximate surface area is 132 Å². The van der Waals surface area contributed by atoms with Crippen molar-refractivity contribution in [3.05, 3.63) is 52.5 Å². The van der Waals surface area contributed by atoms with Gasteiger partial charge in [0.05, 0.1) is 24.8 Å². The van der Waals surface area contributed by atoms with E-state index in [9.17, 15) is 4.79 Å². The lowest BCUT2D eigenvalue weighted by Crippen LogP contribution is -2.36. The zero-order chi connectivity index (χ0) is 15.7. The number of hydrogen-bond donors (Lipinski definition) is 1. The van der Waals surface area contributed by atoms with Crippen LogP contribution in [0.2, 0.25) is 5.02 Å². The molecule has 2 aromatic rings. The van der Waals surface area contributed by atoms with Gasteiger partial charge in [0.2, 0.25) is 0 Å². The molecule has 0 fully saturated rings. The van der Waals surface area contributed by atoms with Gasteiger partial charge in [0.1, 0.15) is 5.75 Å². The second kappa shape index (κ2) is 5.77. The Kier molecular flexibility index (Phi) is 3.81. The number of carbonyl (C=O) groups is 1. The summed E-state index contributed by atoms with van der Waals surface area (Å²) in [6, 6.07) is 10.5. The van der Waals surface area contributed by atoms with Gasteiger partial charge in [0.15, 0.2) is 17.7 Å². The first-order valence-electron chi connectivity index (χ1n) is 6.62. The number of halogens is 1. The van der Waals surface area contributed by atoms with Gasteiger partial charge in [-0.05, 0) is 24.3 Å². The van der Waals surface area contributed by atoms with Crippen LogP contribution < -0.4 is 19.5 Å². The van der Waals surface area contributed by atoms with E-state index >= 15 is 0 Å². The van der Waals surface area contributed by atoms with Gasteiger partial charge < -0.3 is 19.5 Å². The molecule has 0 bridgehead atoms. The molecule has 1 amide bonds. The second-order valence-corrected chi connectivity index (χ2v) is 5.11. The van der Waals surface area contributed by atoms with E-state index in [4.69, 9.17) is 25.8 Å². The summed E-state index contributed by atoms with van der Waals surface area (Å²) in [5.41, 5.74) is 1.18. The average Bonchev–Trinajstić information content (AvgIpc) is 2.54. The molecule has 0 aromatic heterocycles. The summed E-state index contributed by atoms with van der Waals surface area (Å²) >= 11 is 6.20. The van der Waals surface area contributed by atoms with Gasteiger partial charge in [-0.25, -0.2) is 0 Å². The van der Waals surface area contributed by atoms with Crippen molar-refractivity contribution in [2.75, 3.05) is 14.2 Å². The summed E-state index contributed by atoms with van der Waals surface area (Å²) in [5.74, 6) is 1.25. The predicted octanol–water partition coefficient (Wildman–Crippen LogP) is 3.18. The molecule has 1 aliphatic heterocycles. The van der Waals surface area contributed by atoms with E-state index in [0.717, 1.165) is 0 Å². The number of fused-ring (bicyclic) bond motifs is 1. The van der Waals surface area contributed by atoms with Gasteiger partial charge in [0, 0.05) is 5.56 Å². The molecule has 1 atom stereocenters. The van der Waals surface area contributed by atoms with E-state index in [1.54, 1.807) is 30.3 Å². The van der Waals surface area contributed by atoms with Crippen molar-refractivity contribution in [1.29, 1.82) is 0 Å². The van der Waals surface area contributed by atoms with Crippen LogP contribution in [-0.4, -0.2) is 20.1 Å². The zero-order valence-corrected chi connectivity index (χ0v) is 12.8. The largest absolute Gasteiger partial charge is 0.493 e. The topological polar surface area (TPSA) is 56.8 Å². The fourth-order valence-electron chi connectivity index (χ4n) is 2.35. The van der Waals surface area contributed by atoms with Crippen LogP contribution in [0.4, 0.5) is 0 Å². The number of ether oxygens (including phenoxy) is 3. The van der Waals surface area contributed by atoms with E-state index in [2.05, 4.69) is 5.32 Å². The maximum absolute atomic E-state index is 12.2. The van der Waals surface area contributed by atoms with Gasteiger partial charge in [-0.15, -0.1) is 0 Å². The van der Waals surface area contributed by atoms with Crippen molar-refractivity contribution in [2.24, 2.45) is 0 Å². The summed E-state index contributed by atoms with van der Waals surface area (Å²) in [7, 11) is 3.03. The lowest BCUT2D eigenvalue weighted by Gasteiger charge is -2.27. The monoisotopic (exact) mass is 319 g/mol. The maximum Gasteiger partial charge on any atom is 0.258 e. The van der Waals surface area contributed by atoms with Crippen molar-refractivity contribution in [1.82, 2.24) is 5.32 Å². The molecule has 1 aliphatic rings. The van der Waals surface area contributed by atoms with E-state index in [1.165, 1.54) is 14.2 Å². The molecule has 1 N–H and O–H groups in total. The molecule has 0 radical (unpaired) electrons. The third-order valence-corrected chi connectivity index (χ3v) is 3.68. The minimum absolute atomic E-state index is 0.197. The number of carbonyl (C=O) groups excluding carboxylic acids is 1. The van der Waals surface area contributed by atoms with E-state index < -0.39 is 6.23 Å². The normalized spacial score (nSPS) is 16.3. The number of benzene rings is 2. The summed E-state index contributed by atoms with van der Waals surface area (Å²) in [6.07, 6.45) is -0.639. The number of methoxy groups -OCH3 is 2. The van der Waals surface area contributed by atoms with Crippen LogP contribution in [0.3, 0.4) is 0 Å². The maximum atomic E-state index is 12.2. The lowest BCUT2D eigenvalue weighted by molar-refractivity contribution is 0.0755. The molecule has 5 nitrogen and oxygen atoms in total. The van der Waals surface area contributed by atoms with E-state index in [0.29, 0.717) is 33.4 Å². The molecule has 3 rings (SSSR count). The Bertz CT molecular complexity index is 732. The Balaban J connectivity index is 1.99. The van der Waals surface area contributed by atoms with Crippen LogP contribution in [0.1, 0.15) is 22.1 Å². The highest BCUT2D eigenvalue weighted by Gasteiger charge is 2.27. The lowest BCUT2D eigenvalue weighted by atomic mass is 10.1. The SMILES string of the molecule is COc1cc([C@@H]2NC(=O)c3ccccc3O2)cc(Cl)c1OC. The van der Waals surface area contributed by atoms with Crippen LogP contribution >= 0.6 is 11.6 Å². The zero-order valence-electron chi connectivity index (χ0n) is 12.1. The van der Waals surface area contributed by atoms with Crippen LogP contribution in [0, 0.1) is 0 Å². The number of nitrogens with one attached hydrogen (secondary N) is 1. The first-order valence-corrected chi connectivity index (χ1v) is 7.00. The molecule has 0 unspecified atom stereocenters. The van der Waals surface area contributed by atoms with Crippen molar-refractivity contribution in [3.63, 3.8) is 0 Å². The van der Waals surface area contributed by atoms with Gasteiger partial charge in [-0.3, -0.25) is 4.79 Å². The van der Waals surface area contributed by atoms with Crippen LogP contribution in [0.25, 0.3) is 0 Å². The Morgan fingerprint density at radius 3 is 2.68 bits per heavy atom. The highest BCUT2D eigenvalue weighted by Crippen LogP contribution is 2.39. The first-order chi connectivity index (χ1) is 10.6. The van der Waals surface area contributed by atoms with Crippen molar-refractivity contribution >= 4 is 17.5 Å². The number of hydrogen-bond acceptors (Lipinski definition) is 4. The minimum atomic E-state index is -0.639. The molecule has 2 aromatic carbocycles. The van der Waals surface area contributed by atoms with Gasteiger partial charge in [0.25, 0.3) is 5.91 Å². The van der Waals surface area contributed by atoms with Crippen molar-refractivity contribution < 1.29 is 19.0 Å². The van der Waals surface area contributed by atoms with Crippen LogP contribution in [0.5, 0.6) is 17.2 Å². The molecule has 0 saturated heterocycles. The highest BCUT2D eigenvalue weighted by molar-refractivity contribution is 6.32. The number of rotatable bonds is 3. The molecular weight excluding hydrogens is 306 g/mol. The quantitative estimate of drug-likeness (QED) is 0.944. The second-order valence-electron chi connectivity index (χ2n) is 4.71. The average molecular weight is 320 g/mol. The third kappa shape index (κ3) is 2.44. The van der Waals surface area contributed by atoms with E-state index in [1.807, 2.05) is 6.07 Å². The van der Waals surface area contributed by atoms with Crippen molar-refractivity contribution in [2.45, 2.75) is 6.23 Å². The molecule has 22 heavy (non-hydrogen) atoms. The molecule has 0 spiro atoms. The highest BCUT2D eigenvalue weighted by atomic mass is 35.5. The fourth-order valence-corrected chi connectivity index (χ4v) is 2.65. The number of para-hydroxylation sites is 1. The molecule has 1 heterocycles. The van der Waals surface area contributed by atoms with Crippen molar-refractivity contribution in [3.8, 4) is 17.2 Å². The minimum Gasteiger partial charge on any atom is -0.493 e. The Hall–Kier alpha value is -2.40. The van der Waals surface area contributed by atoms with Gasteiger partial charge in [-0.2, -0.15) is 0 Å². The van der Waals surface area contributed by atoms with Gasteiger partial charge >= 0.3 is 0 Å². The molecule has 0 aliphatic carbocycles.